The minimum atomic E-state index is -1.02. The third-order valence-electron chi connectivity index (χ3n) is 7.63. The summed E-state index contributed by atoms with van der Waals surface area (Å²) in [6, 6.07) is 13.6. The number of carbonyl (C=O) groups is 1. The van der Waals surface area contributed by atoms with Crippen LogP contribution in [0.3, 0.4) is 0 Å². The molecule has 0 aliphatic carbocycles. The van der Waals surface area contributed by atoms with Crippen LogP contribution in [0.4, 0.5) is 17.3 Å². The van der Waals surface area contributed by atoms with Crippen LogP contribution in [0.5, 0.6) is 11.5 Å². The number of aromatic carboxylic acids is 1. The lowest BCUT2D eigenvalue weighted by Gasteiger charge is -2.26. The van der Waals surface area contributed by atoms with Crippen LogP contribution in [-0.4, -0.2) is 59.4 Å². The van der Waals surface area contributed by atoms with Crippen molar-refractivity contribution < 1.29 is 19.4 Å². The number of rotatable bonds is 8. The molecule has 6 rings (SSSR count). The number of hydrogen-bond donors (Lipinski definition) is 3. The van der Waals surface area contributed by atoms with Gasteiger partial charge in [0.15, 0.2) is 0 Å². The third kappa shape index (κ3) is 4.93. The van der Waals surface area contributed by atoms with Gasteiger partial charge in [0, 0.05) is 41.5 Å². The predicted octanol–water partition coefficient (Wildman–Crippen LogP) is 5.93. The van der Waals surface area contributed by atoms with E-state index in [2.05, 4.69) is 32.7 Å². The number of hydrogen-bond acceptors (Lipinski definition) is 9. The number of nitrogens with one attached hydrogen (secondary N) is 2. The van der Waals surface area contributed by atoms with Gasteiger partial charge in [-0.1, -0.05) is 18.2 Å². The Balaban J connectivity index is 1.36. The summed E-state index contributed by atoms with van der Waals surface area (Å²) in [4.78, 5) is 24.1. The zero-order chi connectivity index (χ0) is 27.9. The van der Waals surface area contributed by atoms with Gasteiger partial charge in [-0.25, -0.2) is 14.8 Å². The van der Waals surface area contributed by atoms with E-state index in [1.54, 1.807) is 13.3 Å². The van der Waals surface area contributed by atoms with Crippen LogP contribution in [0.15, 0.2) is 48.7 Å². The van der Waals surface area contributed by atoms with Crippen LogP contribution in [0.2, 0.25) is 0 Å². The smallest absolute Gasteiger partial charge is 0.346 e. The minimum absolute atomic E-state index is 0.0206. The van der Waals surface area contributed by atoms with Gasteiger partial charge >= 0.3 is 5.97 Å². The van der Waals surface area contributed by atoms with E-state index in [0.29, 0.717) is 33.0 Å². The first-order valence-electron chi connectivity index (χ1n) is 13.6. The maximum absolute atomic E-state index is 12.2. The highest BCUT2D eigenvalue weighted by atomic mass is 32.1. The van der Waals surface area contributed by atoms with Crippen LogP contribution >= 0.6 is 11.3 Å². The summed E-state index contributed by atoms with van der Waals surface area (Å²) in [6.07, 6.45) is 5.25. The van der Waals surface area contributed by atoms with Gasteiger partial charge in [-0.05, 0) is 57.9 Å². The quantitative estimate of drug-likeness (QED) is 0.242. The molecule has 4 aromatic rings. The molecule has 1 spiro atoms. The summed E-state index contributed by atoms with van der Waals surface area (Å²) in [5.41, 5.74) is 3.86. The molecule has 9 nitrogen and oxygen atoms in total. The molecule has 0 amide bonds. The van der Waals surface area contributed by atoms with E-state index in [4.69, 9.17) is 14.5 Å². The third-order valence-corrected chi connectivity index (χ3v) is 8.73. The van der Waals surface area contributed by atoms with Gasteiger partial charge in [0.05, 0.1) is 35.3 Å². The van der Waals surface area contributed by atoms with Gasteiger partial charge in [-0.3, -0.25) is 0 Å². The zero-order valence-corrected chi connectivity index (χ0v) is 23.7. The van der Waals surface area contributed by atoms with Crippen molar-refractivity contribution in [2.75, 3.05) is 37.0 Å². The van der Waals surface area contributed by atoms with E-state index in [0.717, 1.165) is 54.5 Å². The van der Waals surface area contributed by atoms with Crippen molar-refractivity contribution in [2.45, 2.75) is 44.8 Å². The normalized spacial score (nSPS) is 18.6. The highest BCUT2D eigenvalue weighted by Gasteiger charge is 2.40. The molecule has 1 unspecified atom stereocenters. The summed E-state index contributed by atoms with van der Waals surface area (Å²) in [5.74, 6) is 0.642. The van der Waals surface area contributed by atoms with Gasteiger partial charge in [0.2, 0.25) is 5.95 Å². The lowest BCUT2D eigenvalue weighted by Crippen LogP contribution is -2.42. The second kappa shape index (κ2) is 10.6. The Bertz CT molecular complexity index is 1560. The highest BCUT2D eigenvalue weighted by molar-refractivity contribution is 7.21. The van der Waals surface area contributed by atoms with Crippen molar-refractivity contribution in [1.82, 2.24) is 15.3 Å². The molecule has 2 aliphatic rings. The Morgan fingerprint density at radius 3 is 2.80 bits per heavy atom. The molecule has 2 saturated heterocycles. The number of benzene rings is 2. The van der Waals surface area contributed by atoms with E-state index in [9.17, 15) is 9.90 Å². The van der Waals surface area contributed by atoms with E-state index in [1.807, 2.05) is 44.2 Å². The minimum Gasteiger partial charge on any atom is -0.496 e. The molecule has 10 heteroatoms. The van der Waals surface area contributed by atoms with Crippen molar-refractivity contribution in [1.29, 1.82) is 0 Å². The van der Waals surface area contributed by atoms with Crippen molar-refractivity contribution in [3.05, 3.63) is 53.5 Å². The monoisotopic (exact) mass is 559 g/mol. The standard InChI is InChI=1S/C30H33N5O4S/c1-18(2)39-23-15-19(35-14-12-30(17-35)11-6-13-32-30)9-10-21(23)33-29-31-16-24-26(34-29)25(27(40-24)28(36)37)20-7-4-5-8-22(20)38-3/h4-5,7-10,15-16,18,32H,6,11-14,17H2,1-3H3,(H,36,37)(H,31,33,34). The Morgan fingerprint density at radius 2 is 2.05 bits per heavy atom. The molecule has 40 heavy (non-hydrogen) atoms. The molecule has 3 N–H and O–H groups in total. The van der Waals surface area contributed by atoms with Crippen LogP contribution in [0.1, 0.15) is 42.8 Å². The molecular weight excluding hydrogens is 526 g/mol. The number of carboxylic acid groups (broad SMARTS) is 1. The number of fused-ring (bicyclic) bond motifs is 1. The molecular formula is C30H33N5O4S. The number of thiophene rings is 1. The lowest BCUT2D eigenvalue weighted by atomic mass is 9.97. The fourth-order valence-corrected chi connectivity index (χ4v) is 6.76. The lowest BCUT2D eigenvalue weighted by molar-refractivity contribution is 0.0703. The van der Waals surface area contributed by atoms with E-state index in [-0.39, 0.29) is 16.5 Å². The largest absolute Gasteiger partial charge is 0.496 e. The van der Waals surface area contributed by atoms with Crippen LogP contribution in [0, 0.1) is 0 Å². The molecule has 2 aliphatic heterocycles. The molecule has 2 fully saturated rings. The average molecular weight is 560 g/mol. The van der Waals surface area contributed by atoms with Crippen molar-refractivity contribution in [3.8, 4) is 22.6 Å². The Labute approximate surface area is 237 Å². The number of para-hydroxylation sites is 1. The van der Waals surface area contributed by atoms with E-state index in [1.165, 1.54) is 12.8 Å². The van der Waals surface area contributed by atoms with Gasteiger partial charge in [0.25, 0.3) is 0 Å². The second-order valence-corrected chi connectivity index (χ2v) is 11.7. The van der Waals surface area contributed by atoms with Gasteiger partial charge in [-0.2, -0.15) is 0 Å². The number of nitrogens with zero attached hydrogens (tertiary/aromatic N) is 3. The summed E-state index contributed by atoms with van der Waals surface area (Å²) in [5, 5.41) is 17.0. The van der Waals surface area contributed by atoms with Crippen molar-refractivity contribution in [3.63, 3.8) is 0 Å². The first-order valence-corrected chi connectivity index (χ1v) is 14.4. The first kappa shape index (κ1) is 26.3. The maximum Gasteiger partial charge on any atom is 0.346 e. The Morgan fingerprint density at radius 1 is 1.20 bits per heavy atom. The highest BCUT2D eigenvalue weighted by Crippen LogP contribution is 2.42. The zero-order valence-electron chi connectivity index (χ0n) is 22.9. The van der Waals surface area contributed by atoms with Gasteiger partial charge < -0.3 is 30.1 Å². The second-order valence-electron chi connectivity index (χ2n) is 10.7. The average Bonchev–Trinajstić information content (AvgIpc) is 3.68. The number of ether oxygens (including phenoxy) is 2. The summed E-state index contributed by atoms with van der Waals surface area (Å²) in [6.45, 7) is 7.11. The molecule has 1 atom stereocenters. The number of carboxylic acids is 1. The van der Waals surface area contributed by atoms with E-state index < -0.39 is 5.97 Å². The number of anilines is 3. The van der Waals surface area contributed by atoms with Crippen LogP contribution in [-0.2, 0) is 0 Å². The van der Waals surface area contributed by atoms with Crippen LogP contribution < -0.4 is 25.0 Å². The summed E-state index contributed by atoms with van der Waals surface area (Å²) < 4.78 is 12.5. The van der Waals surface area contributed by atoms with E-state index >= 15 is 0 Å². The Hall–Kier alpha value is -3.89. The topological polar surface area (TPSA) is 109 Å². The number of methoxy groups -OCH3 is 1. The fraction of sp³-hybridized carbons (Fsp3) is 0.367. The Kier molecular flexibility index (Phi) is 6.97. The van der Waals surface area contributed by atoms with Crippen molar-refractivity contribution >= 4 is 44.8 Å². The van der Waals surface area contributed by atoms with Gasteiger partial charge in [-0.15, -0.1) is 11.3 Å². The van der Waals surface area contributed by atoms with Crippen molar-refractivity contribution in [2.24, 2.45) is 0 Å². The molecule has 2 aromatic heterocycles. The maximum atomic E-state index is 12.2. The molecule has 208 valence electrons. The van der Waals surface area contributed by atoms with Crippen LogP contribution in [0.25, 0.3) is 21.3 Å². The molecule has 4 heterocycles. The number of aromatic nitrogens is 2. The predicted molar refractivity (Wildman–Crippen MR) is 159 cm³/mol. The first-order chi connectivity index (χ1) is 19.4. The molecule has 0 saturated carbocycles. The molecule has 2 aromatic carbocycles. The SMILES string of the molecule is COc1ccccc1-c1c(C(=O)O)sc2cnc(Nc3ccc(N4CCC5(CCCN5)C4)cc3OC(C)C)nc12. The summed E-state index contributed by atoms with van der Waals surface area (Å²) in [7, 11) is 1.57. The molecule has 0 bridgehead atoms. The van der Waals surface area contributed by atoms with Gasteiger partial charge in [0.1, 0.15) is 16.4 Å². The molecule has 0 radical (unpaired) electrons. The summed E-state index contributed by atoms with van der Waals surface area (Å²) >= 11 is 1.15. The fourth-order valence-electron chi connectivity index (χ4n) is 5.80.